The zero-order valence-electron chi connectivity index (χ0n) is 13.7. The summed E-state index contributed by atoms with van der Waals surface area (Å²) in [6.45, 7) is 2.65. The molecule has 1 aromatic carbocycles. The average molecular weight is 379 g/mol. The van der Waals surface area contributed by atoms with Gasteiger partial charge in [0, 0.05) is 13.1 Å². The smallest absolute Gasteiger partial charge is 0.324 e. The van der Waals surface area contributed by atoms with Gasteiger partial charge in [0.05, 0.1) is 18.0 Å². The van der Waals surface area contributed by atoms with Gasteiger partial charge < -0.3 is 15.4 Å². The van der Waals surface area contributed by atoms with Crippen LogP contribution in [0, 0.1) is 0 Å². The summed E-state index contributed by atoms with van der Waals surface area (Å²) < 4.78 is 5.94. The summed E-state index contributed by atoms with van der Waals surface area (Å²) in [7, 11) is 1.60. The first-order valence-electron chi connectivity index (χ1n) is 7.58. The molecule has 1 saturated heterocycles. The Kier molecular flexibility index (Phi) is 5.39. The first kappa shape index (κ1) is 17.5. The third-order valence-electron chi connectivity index (χ3n) is 3.50. The van der Waals surface area contributed by atoms with Gasteiger partial charge in [-0.2, -0.15) is 0 Å². The van der Waals surface area contributed by atoms with Crippen molar-refractivity contribution in [3.05, 3.63) is 24.3 Å². The molecule has 10 heteroatoms. The summed E-state index contributed by atoms with van der Waals surface area (Å²) in [6.07, 6.45) is 0. The van der Waals surface area contributed by atoms with Gasteiger partial charge in [-0.25, -0.2) is 4.79 Å². The number of nitrogens with one attached hydrogen (secondary N) is 2. The van der Waals surface area contributed by atoms with Gasteiger partial charge in [-0.05, 0) is 19.1 Å². The maximum Gasteiger partial charge on any atom is 0.324 e. The molecule has 0 aliphatic carbocycles. The zero-order chi connectivity index (χ0) is 17.8. The highest BCUT2D eigenvalue weighted by Gasteiger charge is 2.30. The first-order chi connectivity index (χ1) is 12.1. The molecule has 8 nitrogen and oxygen atoms in total. The number of carbonyl (C=O) groups is 2. The molecule has 1 atom stereocenters. The number of hydrogen-bond donors (Lipinski definition) is 2. The third-order valence-corrected chi connectivity index (χ3v) is 5.51. The van der Waals surface area contributed by atoms with E-state index >= 15 is 0 Å². The number of amides is 3. The van der Waals surface area contributed by atoms with Crippen molar-refractivity contribution in [2.24, 2.45) is 0 Å². The van der Waals surface area contributed by atoms with Gasteiger partial charge in [-0.3, -0.25) is 9.69 Å². The molecular weight excluding hydrogens is 362 g/mol. The molecule has 3 rings (SSSR count). The second-order valence-electron chi connectivity index (χ2n) is 5.18. The molecule has 132 valence electrons. The predicted molar refractivity (Wildman–Crippen MR) is 96.6 cm³/mol. The fraction of sp³-hybridized carbons (Fsp3) is 0.333. The molecule has 0 spiro atoms. The molecule has 1 unspecified atom stereocenters. The van der Waals surface area contributed by atoms with Crippen LogP contribution < -0.4 is 15.4 Å². The van der Waals surface area contributed by atoms with Crippen LogP contribution in [0.1, 0.15) is 6.92 Å². The van der Waals surface area contributed by atoms with Gasteiger partial charge in [0.1, 0.15) is 5.75 Å². The van der Waals surface area contributed by atoms with Crippen LogP contribution in [-0.4, -0.2) is 52.5 Å². The lowest BCUT2D eigenvalue weighted by molar-refractivity contribution is -0.126. The van der Waals surface area contributed by atoms with E-state index in [2.05, 4.69) is 20.8 Å². The van der Waals surface area contributed by atoms with Gasteiger partial charge in [-0.15, -0.1) is 10.2 Å². The number of imide groups is 1. The van der Waals surface area contributed by atoms with Gasteiger partial charge in [0.25, 0.3) is 0 Å². The molecule has 0 radical (unpaired) electrons. The SMILES string of the molecule is COc1ccccc1Nc1nnc(SC(C)C(=O)N2CCNC2=O)s1. The molecule has 1 fully saturated rings. The van der Waals surface area contributed by atoms with Crippen molar-refractivity contribution >= 4 is 45.9 Å². The summed E-state index contributed by atoms with van der Waals surface area (Å²) in [6, 6.07) is 7.16. The van der Waals surface area contributed by atoms with Crippen molar-refractivity contribution in [2.45, 2.75) is 16.5 Å². The Morgan fingerprint density at radius 2 is 2.24 bits per heavy atom. The van der Waals surface area contributed by atoms with Crippen LogP contribution in [0.15, 0.2) is 28.6 Å². The second kappa shape index (κ2) is 7.70. The van der Waals surface area contributed by atoms with Crippen LogP contribution in [0.3, 0.4) is 0 Å². The highest BCUT2D eigenvalue weighted by molar-refractivity contribution is 8.02. The molecule has 2 N–H and O–H groups in total. The van der Waals surface area contributed by atoms with Crippen LogP contribution in [0.5, 0.6) is 5.75 Å². The molecule has 3 amide bonds. The number of aromatic nitrogens is 2. The minimum atomic E-state index is -0.420. The maximum absolute atomic E-state index is 12.3. The summed E-state index contributed by atoms with van der Waals surface area (Å²) in [5.41, 5.74) is 0.788. The van der Waals surface area contributed by atoms with Crippen molar-refractivity contribution in [3.63, 3.8) is 0 Å². The third kappa shape index (κ3) is 4.02. The quantitative estimate of drug-likeness (QED) is 0.744. The number of ether oxygens (including phenoxy) is 1. The predicted octanol–water partition coefficient (Wildman–Crippen LogP) is 2.32. The lowest BCUT2D eigenvalue weighted by atomic mass is 10.3. The Morgan fingerprint density at radius 3 is 2.96 bits per heavy atom. The van der Waals surface area contributed by atoms with E-state index in [1.807, 2.05) is 24.3 Å². The highest BCUT2D eigenvalue weighted by Crippen LogP contribution is 2.33. The number of nitrogens with zero attached hydrogens (tertiary/aromatic N) is 3. The number of carbonyl (C=O) groups excluding carboxylic acids is 2. The van der Waals surface area contributed by atoms with E-state index in [9.17, 15) is 9.59 Å². The molecule has 0 bridgehead atoms. The number of para-hydroxylation sites is 2. The molecule has 25 heavy (non-hydrogen) atoms. The minimum absolute atomic E-state index is 0.227. The zero-order valence-corrected chi connectivity index (χ0v) is 15.3. The molecule has 2 aromatic rings. The van der Waals surface area contributed by atoms with Crippen molar-refractivity contribution < 1.29 is 14.3 Å². The number of rotatable bonds is 6. The Hall–Kier alpha value is -2.33. The van der Waals surface area contributed by atoms with Crippen LogP contribution in [0.25, 0.3) is 0 Å². The van der Waals surface area contributed by atoms with Gasteiger partial charge in [-0.1, -0.05) is 35.2 Å². The average Bonchev–Trinajstić information content (AvgIpc) is 3.23. The monoisotopic (exact) mass is 379 g/mol. The Morgan fingerprint density at radius 1 is 1.44 bits per heavy atom. The van der Waals surface area contributed by atoms with Gasteiger partial charge >= 0.3 is 6.03 Å². The molecule has 1 aromatic heterocycles. The fourth-order valence-corrected chi connectivity index (χ4v) is 4.24. The number of methoxy groups -OCH3 is 1. The summed E-state index contributed by atoms with van der Waals surface area (Å²) >= 11 is 2.62. The Bertz CT molecular complexity index is 782. The molecule has 1 aliphatic rings. The Balaban J connectivity index is 1.63. The minimum Gasteiger partial charge on any atom is -0.495 e. The van der Waals surface area contributed by atoms with Crippen molar-refractivity contribution in [3.8, 4) is 5.75 Å². The van der Waals surface area contributed by atoms with Crippen LogP contribution in [-0.2, 0) is 4.79 Å². The van der Waals surface area contributed by atoms with Crippen LogP contribution in [0.4, 0.5) is 15.6 Å². The van der Waals surface area contributed by atoms with Crippen LogP contribution >= 0.6 is 23.1 Å². The molecule has 1 aliphatic heterocycles. The van der Waals surface area contributed by atoms with Gasteiger partial charge in [0.15, 0.2) is 4.34 Å². The van der Waals surface area contributed by atoms with E-state index < -0.39 is 5.25 Å². The molecule has 0 saturated carbocycles. The number of hydrogen-bond acceptors (Lipinski definition) is 8. The fourth-order valence-electron chi connectivity index (χ4n) is 2.27. The second-order valence-corrected chi connectivity index (χ2v) is 7.75. The number of urea groups is 1. The number of anilines is 2. The van der Waals surface area contributed by atoms with Crippen molar-refractivity contribution in [1.29, 1.82) is 0 Å². The van der Waals surface area contributed by atoms with E-state index in [4.69, 9.17) is 4.74 Å². The first-order valence-corrected chi connectivity index (χ1v) is 9.27. The summed E-state index contributed by atoms with van der Waals surface area (Å²) in [4.78, 5) is 25.1. The largest absolute Gasteiger partial charge is 0.495 e. The van der Waals surface area contributed by atoms with Crippen molar-refractivity contribution in [1.82, 2.24) is 20.4 Å². The number of benzene rings is 1. The van der Waals surface area contributed by atoms with Crippen LogP contribution in [0.2, 0.25) is 0 Å². The van der Waals surface area contributed by atoms with Crippen molar-refractivity contribution in [2.75, 3.05) is 25.5 Å². The lowest BCUT2D eigenvalue weighted by Crippen LogP contribution is -2.38. The standard InChI is InChI=1S/C15H17N5O3S2/c1-9(12(21)20-8-7-16-14(20)22)24-15-19-18-13(25-15)17-10-5-3-4-6-11(10)23-2/h3-6,9H,7-8H2,1-2H3,(H,16,22)(H,17,18). The van der Waals surface area contributed by atoms with E-state index in [-0.39, 0.29) is 11.9 Å². The Labute approximate surface area is 153 Å². The normalized spacial score (nSPS) is 15.0. The summed E-state index contributed by atoms with van der Waals surface area (Å²) in [5.74, 6) is 0.477. The maximum atomic E-state index is 12.3. The van der Waals surface area contributed by atoms with E-state index in [1.54, 1.807) is 14.0 Å². The molecule has 2 heterocycles. The highest BCUT2D eigenvalue weighted by atomic mass is 32.2. The van der Waals surface area contributed by atoms with E-state index in [0.717, 1.165) is 5.69 Å². The van der Waals surface area contributed by atoms with E-state index in [0.29, 0.717) is 28.3 Å². The number of thioether (sulfide) groups is 1. The lowest BCUT2D eigenvalue weighted by Gasteiger charge is -2.16. The molecular formula is C15H17N5O3S2. The topological polar surface area (TPSA) is 96.4 Å². The summed E-state index contributed by atoms with van der Waals surface area (Å²) in [5, 5.41) is 14.1. The van der Waals surface area contributed by atoms with Gasteiger partial charge in [0.2, 0.25) is 11.0 Å². The van der Waals surface area contributed by atoms with E-state index in [1.165, 1.54) is 28.0 Å².